The lowest BCUT2D eigenvalue weighted by atomic mass is 9.96. The van der Waals surface area contributed by atoms with Crippen LogP contribution < -0.4 is 5.32 Å². The van der Waals surface area contributed by atoms with Crippen molar-refractivity contribution in [3.63, 3.8) is 0 Å². The fourth-order valence-electron chi connectivity index (χ4n) is 3.70. The SMILES string of the molecule is COC(=O)C(C)CN(CCCN1CCOCC1)C(=O)NC1CCCCC1. The summed E-state index contributed by atoms with van der Waals surface area (Å²) in [5, 5.41) is 3.17. The van der Waals surface area contributed by atoms with Crippen LogP contribution in [0.1, 0.15) is 45.4 Å². The third kappa shape index (κ3) is 7.11. The van der Waals surface area contributed by atoms with Gasteiger partial charge >= 0.3 is 12.0 Å². The first-order valence-electron chi connectivity index (χ1n) is 10.0. The van der Waals surface area contributed by atoms with Crippen LogP contribution in [0.4, 0.5) is 4.79 Å². The molecule has 0 aromatic rings. The molecular formula is C19H35N3O4. The number of nitrogens with one attached hydrogen (secondary N) is 1. The van der Waals surface area contributed by atoms with Gasteiger partial charge in [0.1, 0.15) is 0 Å². The molecule has 0 spiro atoms. The van der Waals surface area contributed by atoms with Gasteiger partial charge in [-0.3, -0.25) is 9.69 Å². The molecular weight excluding hydrogens is 334 g/mol. The largest absolute Gasteiger partial charge is 0.469 e. The average molecular weight is 370 g/mol. The Hall–Kier alpha value is -1.34. The van der Waals surface area contributed by atoms with Crippen LogP contribution in [0.2, 0.25) is 0 Å². The quantitative estimate of drug-likeness (QED) is 0.661. The highest BCUT2D eigenvalue weighted by atomic mass is 16.5. The zero-order chi connectivity index (χ0) is 18.8. The lowest BCUT2D eigenvalue weighted by Gasteiger charge is -2.31. The summed E-state index contributed by atoms with van der Waals surface area (Å²) < 4.78 is 10.2. The lowest BCUT2D eigenvalue weighted by molar-refractivity contribution is -0.145. The molecule has 0 aromatic carbocycles. The van der Waals surface area contributed by atoms with E-state index in [0.29, 0.717) is 13.1 Å². The minimum absolute atomic E-state index is 0.0466. The molecule has 1 unspecified atom stereocenters. The van der Waals surface area contributed by atoms with E-state index in [9.17, 15) is 9.59 Å². The number of carbonyl (C=O) groups excluding carboxylic acids is 2. The van der Waals surface area contributed by atoms with Crippen molar-refractivity contribution < 1.29 is 19.1 Å². The summed E-state index contributed by atoms with van der Waals surface area (Å²) in [7, 11) is 1.39. The Bertz CT molecular complexity index is 435. The molecule has 2 amide bonds. The van der Waals surface area contributed by atoms with Crippen LogP contribution in [0, 0.1) is 5.92 Å². The summed E-state index contributed by atoms with van der Waals surface area (Å²) in [5.74, 6) is -0.589. The standard InChI is InChI=1S/C19H35N3O4/c1-16(18(23)25-2)15-22(10-6-9-21-11-13-26-14-12-21)19(24)20-17-7-4-3-5-8-17/h16-17H,3-15H2,1-2H3,(H,20,24). The molecule has 1 aliphatic heterocycles. The first-order chi connectivity index (χ1) is 12.6. The van der Waals surface area contributed by atoms with Gasteiger partial charge in [0.05, 0.1) is 26.2 Å². The molecule has 2 aliphatic rings. The van der Waals surface area contributed by atoms with Crippen LogP contribution in [-0.2, 0) is 14.3 Å². The van der Waals surface area contributed by atoms with Gasteiger partial charge in [-0.15, -0.1) is 0 Å². The highest BCUT2D eigenvalue weighted by Gasteiger charge is 2.24. The number of methoxy groups -OCH3 is 1. The Morgan fingerprint density at radius 3 is 2.58 bits per heavy atom. The third-order valence-electron chi connectivity index (χ3n) is 5.32. The number of esters is 1. The number of urea groups is 1. The highest BCUT2D eigenvalue weighted by Crippen LogP contribution is 2.18. The van der Waals surface area contributed by atoms with Gasteiger partial charge in [-0.2, -0.15) is 0 Å². The second kappa shape index (κ2) is 11.4. The maximum Gasteiger partial charge on any atom is 0.317 e. The maximum atomic E-state index is 12.8. The number of rotatable bonds is 8. The van der Waals surface area contributed by atoms with Gasteiger partial charge in [-0.25, -0.2) is 4.79 Å². The van der Waals surface area contributed by atoms with Crippen molar-refractivity contribution in [1.82, 2.24) is 15.1 Å². The molecule has 7 heteroatoms. The second-order valence-corrected chi connectivity index (χ2v) is 7.46. The molecule has 1 aliphatic carbocycles. The van der Waals surface area contributed by atoms with E-state index >= 15 is 0 Å². The van der Waals surface area contributed by atoms with Crippen LogP contribution in [0.3, 0.4) is 0 Å². The Balaban J connectivity index is 1.84. The number of nitrogens with zero attached hydrogens (tertiary/aromatic N) is 2. The van der Waals surface area contributed by atoms with Crippen molar-refractivity contribution in [3.8, 4) is 0 Å². The van der Waals surface area contributed by atoms with Crippen molar-refractivity contribution in [2.75, 3.05) is 53.0 Å². The van der Waals surface area contributed by atoms with Gasteiger partial charge in [-0.05, 0) is 19.3 Å². The zero-order valence-corrected chi connectivity index (χ0v) is 16.4. The van der Waals surface area contributed by atoms with E-state index in [-0.39, 0.29) is 24.0 Å². The third-order valence-corrected chi connectivity index (χ3v) is 5.32. The van der Waals surface area contributed by atoms with Crippen LogP contribution in [0.5, 0.6) is 0 Å². The van der Waals surface area contributed by atoms with Crippen molar-refractivity contribution in [2.24, 2.45) is 5.92 Å². The van der Waals surface area contributed by atoms with Crippen LogP contribution >= 0.6 is 0 Å². The summed E-state index contributed by atoms with van der Waals surface area (Å²) >= 11 is 0. The van der Waals surface area contributed by atoms with Crippen molar-refractivity contribution >= 4 is 12.0 Å². The highest BCUT2D eigenvalue weighted by molar-refractivity contribution is 5.76. The van der Waals surface area contributed by atoms with Crippen molar-refractivity contribution in [2.45, 2.75) is 51.5 Å². The van der Waals surface area contributed by atoms with E-state index in [1.807, 2.05) is 6.92 Å². The van der Waals surface area contributed by atoms with E-state index in [0.717, 1.165) is 52.1 Å². The molecule has 26 heavy (non-hydrogen) atoms. The predicted octanol–water partition coefficient (Wildman–Crippen LogP) is 1.86. The lowest BCUT2D eigenvalue weighted by Crippen LogP contribution is -2.48. The van der Waals surface area contributed by atoms with Crippen LogP contribution in [0.25, 0.3) is 0 Å². The van der Waals surface area contributed by atoms with Crippen molar-refractivity contribution in [3.05, 3.63) is 0 Å². The summed E-state index contributed by atoms with van der Waals surface area (Å²) in [6.07, 6.45) is 6.63. The average Bonchev–Trinajstić information content (AvgIpc) is 2.68. The Kier molecular flexibility index (Phi) is 9.18. The molecule has 150 valence electrons. The smallest absolute Gasteiger partial charge is 0.317 e. The first-order valence-corrected chi connectivity index (χ1v) is 10.0. The molecule has 0 radical (unpaired) electrons. The number of carbonyl (C=O) groups is 2. The van der Waals surface area contributed by atoms with Gasteiger partial charge < -0.3 is 19.7 Å². The Morgan fingerprint density at radius 2 is 1.92 bits per heavy atom. The molecule has 7 nitrogen and oxygen atoms in total. The number of amides is 2. The first kappa shape index (κ1) is 21.0. The van der Waals surface area contributed by atoms with E-state index in [4.69, 9.17) is 9.47 Å². The maximum absolute atomic E-state index is 12.8. The van der Waals surface area contributed by atoms with Crippen LogP contribution in [-0.4, -0.2) is 80.9 Å². The summed E-state index contributed by atoms with van der Waals surface area (Å²) in [6, 6.07) is 0.223. The van der Waals surface area contributed by atoms with Gasteiger partial charge in [0.15, 0.2) is 0 Å². The number of hydrogen-bond donors (Lipinski definition) is 1. The minimum Gasteiger partial charge on any atom is -0.469 e. The zero-order valence-electron chi connectivity index (χ0n) is 16.4. The van der Waals surface area contributed by atoms with E-state index < -0.39 is 0 Å². The molecule has 1 saturated carbocycles. The van der Waals surface area contributed by atoms with Crippen molar-refractivity contribution in [1.29, 1.82) is 0 Å². The molecule has 2 rings (SSSR count). The molecule has 2 fully saturated rings. The van der Waals surface area contributed by atoms with Gasteiger partial charge in [0.2, 0.25) is 0 Å². The molecule has 1 N–H and O–H groups in total. The monoisotopic (exact) mass is 369 g/mol. The fraction of sp³-hybridized carbons (Fsp3) is 0.895. The molecule has 1 heterocycles. The van der Waals surface area contributed by atoms with Gasteiger partial charge in [-0.1, -0.05) is 26.2 Å². The topological polar surface area (TPSA) is 71.1 Å². The fourth-order valence-corrected chi connectivity index (χ4v) is 3.70. The normalized spacial score (nSPS) is 20.4. The number of hydrogen-bond acceptors (Lipinski definition) is 5. The summed E-state index contributed by atoms with van der Waals surface area (Å²) in [4.78, 5) is 28.7. The Morgan fingerprint density at radius 1 is 1.23 bits per heavy atom. The molecule has 1 saturated heterocycles. The summed E-state index contributed by atoms with van der Waals surface area (Å²) in [5.41, 5.74) is 0. The molecule has 1 atom stereocenters. The number of ether oxygens (including phenoxy) is 2. The Labute approximate surface area is 157 Å². The van der Waals surface area contributed by atoms with E-state index in [1.54, 1.807) is 4.90 Å². The molecule has 0 bridgehead atoms. The van der Waals surface area contributed by atoms with Gasteiger partial charge in [0, 0.05) is 38.8 Å². The second-order valence-electron chi connectivity index (χ2n) is 7.46. The van der Waals surface area contributed by atoms with Gasteiger partial charge in [0.25, 0.3) is 0 Å². The van der Waals surface area contributed by atoms with E-state index in [2.05, 4.69) is 10.2 Å². The summed E-state index contributed by atoms with van der Waals surface area (Å²) in [6.45, 7) is 7.28. The predicted molar refractivity (Wildman–Crippen MR) is 100 cm³/mol. The number of morpholine rings is 1. The molecule has 0 aromatic heterocycles. The van der Waals surface area contributed by atoms with E-state index in [1.165, 1.54) is 26.4 Å². The van der Waals surface area contributed by atoms with Crippen LogP contribution in [0.15, 0.2) is 0 Å². The minimum atomic E-state index is -0.319.